The van der Waals surface area contributed by atoms with E-state index in [-0.39, 0.29) is 23.2 Å². The Morgan fingerprint density at radius 2 is 1.55 bits per heavy atom. The molecule has 4 heteroatoms. The molecule has 0 N–H and O–H groups in total. The van der Waals surface area contributed by atoms with E-state index in [0.29, 0.717) is 5.56 Å². The summed E-state index contributed by atoms with van der Waals surface area (Å²) in [5.41, 5.74) is 0.557. The van der Waals surface area contributed by atoms with Crippen molar-refractivity contribution < 1.29 is 14.0 Å². The van der Waals surface area contributed by atoms with Crippen LogP contribution in [0.5, 0.6) is 0 Å². The van der Waals surface area contributed by atoms with Gasteiger partial charge in [-0.3, -0.25) is 9.59 Å². The monoisotopic (exact) mass is 269 g/mol. The van der Waals surface area contributed by atoms with Gasteiger partial charge in [-0.25, -0.2) is 0 Å². The van der Waals surface area contributed by atoms with Crippen LogP contribution >= 0.6 is 0 Å². The first-order valence-electron chi connectivity index (χ1n) is 6.74. The van der Waals surface area contributed by atoms with Gasteiger partial charge >= 0.3 is 0 Å². The molecule has 0 unspecified atom stereocenters. The number of hydrogen-bond donors (Lipinski definition) is 0. The lowest BCUT2D eigenvalue weighted by atomic mass is 10.1. The van der Waals surface area contributed by atoms with E-state index in [9.17, 15) is 9.59 Å². The molecule has 3 rings (SSSR count). The standard InChI is InChI=1S/C16H15NO3/c18-15(12-6-2-1-3-7-12)13-8-9-14(20-13)16(19)17-10-4-5-11-17/h1-3,6-9H,4-5,10-11H2. The summed E-state index contributed by atoms with van der Waals surface area (Å²) < 4.78 is 5.43. The van der Waals surface area contributed by atoms with Gasteiger partial charge in [-0.1, -0.05) is 30.3 Å². The summed E-state index contributed by atoms with van der Waals surface area (Å²) in [6.07, 6.45) is 2.06. The second-order valence-electron chi connectivity index (χ2n) is 4.86. The van der Waals surface area contributed by atoms with Crippen LogP contribution in [0.15, 0.2) is 46.9 Å². The third-order valence-electron chi connectivity index (χ3n) is 3.47. The van der Waals surface area contributed by atoms with Crippen LogP contribution in [0.3, 0.4) is 0 Å². The molecule has 2 aromatic rings. The maximum Gasteiger partial charge on any atom is 0.289 e. The fourth-order valence-electron chi connectivity index (χ4n) is 2.38. The molecular formula is C16H15NO3. The van der Waals surface area contributed by atoms with Crippen LogP contribution < -0.4 is 0 Å². The van der Waals surface area contributed by atoms with Crippen LogP contribution in [0.4, 0.5) is 0 Å². The Morgan fingerprint density at radius 1 is 0.900 bits per heavy atom. The van der Waals surface area contributed by atoms with Gasteiger partial charge in [0.25, 0.3) is 5.91 Å². The lowest BCUT2D eigenvalue weighted by Gasteiger charge is -2.12. The predicted molar refractivity (Wildman–Crippen MR) is 73.7 cm³/mol. The molecule has 0 atom stereocenters. The van der Waals surface area contributed by atoms with Crippen molar-refractivity contribution in [3.63, 3.8) is 0 Å². The molecule has 4 nitrogen and oxygen atoms in total. The van der Waals surface area contributed by atoms with Gasteiger partial charge in [0.05, 0.1) is 0 Å². The van der Waals surface area contributed by atoms with Gasteiger partial charge in [0.15, 0.2) is 11.5 Å². The number of nitrogens with zero attached hydrogens (tertiary/aromatic N) is 1. The Bertz CT molecular complexity index is 624. The van der Waals surface area contributed by atoms with Crippen molar-refractivity contribution in [3.8, 4) is 0 Å². The van der Waals surface area contributed by atoms with Crippen molar-refractivity contribution in [2.24, 2.45) is 0 Å². The maximum absolute atomic E-state index is 12.2. The summed E-state index contributed by atoms with van der Waals surface area (Å²) in [4.78, 5) is 26.1. The molecule has 1 aromatic heterocycles. The van der Waals surface area contributed by atoms with E-state index in [1.54, 1.807) is 41.3 Å². The average Bonchev–Trinajstić information content (AvgIpc) is 3.18. The SMILES string of the molecule is O=C(c1ccccc1)c1ccc(C(=O)N2CCCC2)o1. The van der Waals surface area contributed by atoms with Gasteiger partial charge in [-0.15, -0.1) is 0 Å². The molecule has 2 heterocycles. The van der Waals surface area contributed by atoms with E-state index in [1.807, 2.05) is 6.07 Å². The van der Waals surface area contributed by atoms with Crippen LogP contribution in [0.25, 0.3) is 0 Å². The molecule has 1 aliphatic heterocycles. The molecule has 0 bridgehead atoms. The van der Waals surface area contributed by atoms with Gasteiger partial charge in [0.1, 0.15) is 0 Å². The zero-order valence-electron chi connectivity index (χ0n) is 11.0. The number of rotatable bonds is 3. The lowest BCUT2D eigenvalue weighted by molar-refractivity contribution is 0.0758. The Morgan fingerprint density at radius 3 is 2.25 bits per heavy atom. The molecule has 0 aliphatic carbocycles. The normalized spacial score (nSPS) is 14.5. The molecule has 0 saturated carbocycles. The highest BCUT2D eigenvalue weighted by molar-refractivity contribution is 6.07. The Labute approximate surface area is 117 Å². The number of furan rings is 1. The number of carbonyl (C=O) groups is 2. The highest BCUT2D eigenvalue weighted by Crippen LogP contribution is 2.17. The second kappa shape index (κ2) is 5.33. The molecule has 102 valence electrons. The molecule has 1 fully saturated rings. The number of benzene rings is 1. The van der Waals surface area contributed by atoms with E-state index < -0.39 is 0 Å². The van der Waals surface area contributed by atoms with Crippen molar-refractivity contribution in [1.29, 1.82) is 0 Å². The van der Waals surface area contributed by atoms with E-state index in [4.69, 9.17) is 4.42 Å². The topological polar surface area (TPSA) is 50.5 Å². The van der Waals surface area contributed by atoms with Crippen LogP contribution in [0.2, 0.25) is 0 Å². The first-order chi connectivity index (χ1) is 9.75. The highest BCUT2D eigenvalue weighted by Gasteiger charge is 2.23. The molecule has 1 saturated heterocycles. The van der Waals surface area contributed by atoms with Crippen LogP contribution in [-0.2, 0) is 0 Å². The zero-order chi connectivity index (χ0) is 13.9. The van der Waals surface area contributed by atoms with Gasteiger partial charge < -0.3 is 9.32 Å². The quantitative estimate of drug-likeness (QED) is 0.805. The first kappa shape index (κ1) is 12.7. The fourth-order valence-corrected chi connectivity index (χ4v) is 2.38. The number of amides is 1. The third kappa shape index (κ3) is 2.37. The molecule has 0 spiro atoms. The Balaban J connectivity index is 1.80. The van der Waals surface area contributed by atoms with Gasteiger partial charge in [0, 0.05) is 18.7 Å². The summed E-state index contributed by atoms with van der Waals surface area (Å²) in [5.74, 6) is 0.116. The molecule has 1 aliphatic rings. The summed E-state index contributed by atoms with van der Waals surface area (Å²) in [6, 6.07) is 12.1. The number of ketones is 1. The first-order valence-corrected chi connectivity index (χ1v) is 6.74. The van der Waals surface area contributed by atoms with Crippen molar-refractivity contribution in [1.82, 2.24) is 4.90 Å². The minimum Gasteiger partial charge on any atom is -0.447 e. The van der Waals surface area contributed by atoms with Crippen LogP contribution in [0, 0.1) is 0 Å². The molecule has 1 aromatic carbocycles. The van der Waals surface area contributed by atoms with E-state index in [1.165, 1.54) is 0 Å². The van der Waals surface area contributed by atoms with Crippen molar-refractivity contribution >= 4 is 11.7 Å². The molecule has 20 heavy (non-hydrogen) atoms. The van der Waals surface area contributed by atoms with Gasteiger partial charge in [0.2, 0.25) is 5.78 Å². The lowest BCUT2D eigenvalue weighted by Crippen LogP contribution is -2.27. The Hall–Kier alpha value is -2.36. The summed E-state index contributed by atoms with van der Waals surface area (Å²) in [5, 5.41) is 0. The van der Waals surface area contributed by atoms with E-state index in [0.717, 1.165) is 25.9 Å². The molecular weight excluding hydrogens is 254 g/mol. The molecule has 0 radical (unpaired) electrons. The minimum absolute atomic E-state index is 0.130. The highest BCUT2D eigenvalue weighted by atomic mass is 16.4. The molecule has 1 amide bonds. The van der Waals surface area contributed by atoms with Crippen molar-refractivity contribution in [2.45, 2.75) is 12.8 Å². The number of hydrogen-bond acceptors (Lipinski definition) is 3. The third-order valence-corrected chi connectivity index (χ3v) is 3.47. The van der Waals surface area contributed by atoms with Crippen LogP contribution in [0.1, 0.15) is 39.5 Å². The largest absolute Gasteiger partial charge is 0.447 e. The van der Waals surface area contributed by atoms with Crippen molar-refractivity contribution in [3.05, 3.63) is 59.5 Å². The summed E-state index contributed by atoms with van der Waals surface area (Å²) >= 11 is 0. The summed E-state index contributed by atoms with van der Waals surface area (Å²) in [6.45, 7) is 1.53. The van der Waals surface area contributed by atoms with E-state index >= 15 is 0 Å². The zero-order valence-corrected chi connectivity index (χ0v) is 11.0. The maximum atomic E-state index is 12.2. The number of likely N-dealkylation sites (tertiary alicyclic amines) is 1. The van der Waals surface area contributed by atoms with Gasteiger partial charge in [-0.05, 0) is 25.0 Å². The van der Waals surface area contributed by atoms with Crippen LogP contribution in [-0.4, -0.2) is 29.7 Å². The number of carbonyl (C=O) groups excluding carboxylic acids is 2. The Kier molecular flexibility index (Phi) is 3.37. The average molecular weight is 269 g/mol. The van der Waals surface area contributed by atoms with E-state index in [2.05, 4.69) is 0 Å². The van der Waals surface area contributed by atoms with Gasteiger partial charge in [-0.2, -0.15) is 0 Å². The summed E-state index contributed by atoms with van der Waals surface area (Å²) in [7, 11) is 0. The predicted octanol–water partition coefficient (Wildman–Crippen LogP) is 2.75. The van der Waals surface area contributed by atoms with Crippen molar-refractivity contribution in [2.75, 3.05) is 13.1 Å². The smallest absolute Gasteiger partial charge is 0.289 e. The fraction of sp³-hybridized carbons (Fsp3) is 0.250. The minimum atomic E-state index is -0.203. The second-order valence-corrected chi connectivity index (χ2v) is 4.86.